The van der Waals surface area contributed by atoms with Crippen LogP contribution in [0, 0.1) is 19.3 Å². The fourth-order valence-electron chi connectivity index (χ4n) is 5.91. The van der Waals surface area contributed by atoms with Crippen molar-refractivity contribution in [2.45, 2.75) is 92.5 Å². The monoisotopic (exact) mass is 626 g/mol. The standard InChI is InChI=1S/C31H35F3N4O2.C4H10O/c1-19-25(16-27(39)40)29(37-13-10-30(3,4)11-14-37)28(20(2)36-19)22-5-6-23-18-38(12-9-21(23)15-22)26-8-7-24(17-35-26)31(32,33)34;1-4(2,3)5/h5-8,15,17H,9-14,16,18H2,1-4H3,(H,39,40);5H,1-3H3. The molecule has 5 rings (SSSR count). The zero-order chi connectivity index (χ0) is 33.3. The topological polar surface area (TPSA) is 89.8 Å². The average molecular weight is 627 g/mol. The van der Waals surface area contributed by atoms with E-state index in [1.54, 1.807) is 20.8 Å². The predicted octanol–water partition coefficient (Wildman–Crippen LogP) is 7.37. The molecule has 0 unspecified atom stereocenters. The number of piperidine rings is 1. The van der Waals surface area contributed by atoms with Crippen LogP contribution in [0.3, 0.4) is 0 Å². The summed E-state index contributed by atoms with van der Waals surface area (Å²) >= 11 is 0. The number of carboxylic acids is 1. The molecular formula is C35H45F3N4O3. The number of halogens is 3. The van der Waals surface area contributed by atoms with Gasteiger partial charge < -0.3 is 20.0 Å². The van der Waals surface area contributed by atoms with Gasteiger partial charge in [0, 0.05) is 54.9 Å². The lowest BCUT2D eigenvalue weighted by molar-refractivity contribution is -0.138. The summed E-state index contributed by atoms with van der Waals surface area (Å²) in [6.45, 7) is 16.6. The molecule has 1 saturated heterocycles. The van der Waals surface area contributed by atoms with E-state index in [0.29, 0.717) is 18.9 Å². The number of rotatable bonds is 5. The Morgan fingerprint density at radius 1 is 0.956 bits per heavy atom. The van der Waals surface area contributed by atoms with E-state index in [1.807, 2.05) is 18.7 Å². The molecule has 0 bridgehead atoms. The number of aliphatic hydroxyl groups is 1. The number of carboxylic acid groups (broad SMARTS) is 1. The van der Waals surface area contributed by atoms with Crippen LogP contribution in [0.15, 0.2) is 36.5 Å². The molecule has 4 heterocycles. The van der Waals surface area contributed by atoms with Crippen LogP contribution < -0.4 is 9.80 Å². The largest absolute Gasteiger partial charge is 0.481 e. The Labute approximate surface area is 264 Å². The van der Waals surface area contributed by atoms with Gasteiger partial charge in [0.05, 0.1) is 23.3 Å². The highest BCUT2D eigenvalue weighted by Gasteiger charge is 2.32. The molecule has 0 atom stereocenters. The predicted molar refractivity (Wildman–Crippen MR) is 172 cm³/mol. The van der Waals surface area contributed by atoms with E-state index in [-0.39, 0.29) is 11.8 Å². The van der Waals surface area contributed by atoms with Gasteiger partial charge in [0.1, 0.15) is 5.82 Å². The van der Waals surface area contributed by atoms with Gasteiger partial charge in [-0.15, -0.1) is 0 Å². The highest BCUT2D eigenvalue weighted by Crippen LogP contribution is 2.42. The molecule has 10 heteroatoms. The summed E-state index contributed by atoms with van der Waals surface area (Å²) in [7, 11) is 0. The Hall–Kier alpha value is -3.66. The first-order valence-electron chi connectivity index (χ1n) is 15.4. The van der Waals surface area contributed by atoms with Gasteiger partial charge in [-0.3, -0.25) is 9.78 Å². The lowest BCUT2D eigenvalue weighted by Crippen LogP contribution is -2.38. The minimum absolute atomic E-state index is 0.0820. The zero-order valence-corrected chi connectivity index (χ0v) is 27.3. The van der Waals surface area contributed by atoms with Crippen molar-refractivity contribution < 1.29 is 28.2 Å². The second-order valence-electron chi connectivity index (χ2n) is 13.9. The third-order valence-electron chi connectivity index (χ3n) is 8.32. The maximum atomic E-state index is 13.0. The fraction of sp³-hybridized carbons (Fsp3) is 0.514. The maximum absolute atomic E-state index is 13.0. The number of hydrogen-bond acceptors (Lipinski definition) is 6. The van der Waals surface area contributed by atoms with Gasteiger partial charge in [-0.05, 0) is 88.1 Å². The highest BCUT2D eigenvalue weighted by atomic mass is 19.4. The van der Waals surface area contributed by atoms with E-state index in [0.717, 1.165) is 83.9 Å². The normalized spacial score (nSPS) is 16.5. The van der Waals surface area contributed by atoms with Gasteiger partial charge in [-0.25, -0.2) is 4.98 Å². The third kappa shape index (κ3) is 8.75. The highest BCUT2D eigenvalue weighted by molar-refractivity contribution is 5.86. The Balaban J connectivity index is 0.000000854. The van der Waals surface area contributed by atoms with E-state index in [4.69, 9.17) is 10.1 Å². The summed E-state index contributed by atoms with van der Waals surface area (Å²) < 4.78 is 38.9. The summed E-state index contributed by atoms with van der Waals surface area (Å²) in [6.07, 6.45) is -0.832. The first-order valence-corrected chi connectivity index (χ1v) is 15.4. The maximum Gasteiger partial charge on any atom is 0.417 e. The van der Waals surface area contributed by atoms with Crippen LogP contribution in [-0.4, -0.2) is 51.4 Å². The van der Waals surface area contributed by atoms with Crippen LogP contribution in [0.2, 0.25) is 0 Å². The number of pyridine rings is 2. The molecule has 45 heavy (non-hydrogen) atoms. The second-order valence-corrected chi connectivity index (χ2v) is 13.9. The van der Waals surface area contributed by atoms with Crippen molar-refractivity contribution in [2.75, 3.05) is 29.4 Å². The molecular weight excluding hydrogens is 581 g/mol. The lowest BCUT2D eigenvalue weighted by Gasteiger charge is -2.40. The van der Waals surface area contributed by atoms with E-state index in [1.165, 1.54) is 11.6 Å². The molecule has 0 amide bonds. The Bertz CT molecular complexity index is 1510. The summed E-state index contributed by atoms with van der Waals surface area (Å²) in [4.78, 5) is 25.1. The molecule has 1 fully saturated rings. The smallest absolute Gasteiger partial charge is 0.417 e. The molecule has 1 aromatic carbocycles. The van der Waals surface area contributed by atoms with Gasteiger partial charge in [0.15, 0.2) is 0 Å². The molecule has 0 aliphatic carbocycles. The number of fused-ring (bicyclic) bond motifs is 1. The number of aryl methyl sites for hydroxylation is 2. The number of alkyl halides is 3. The molecule has 2 N–H and O–H groups in total. The van der Waals surface area contributed by atoms with Crippen molar-refractivity contribution >= 4 is 17.5 Å². The van der Waals surface area contributed by atoms with Crippen molar-refractivity contribution in [2.24, 2.45) is 5.41 Å². The first-order chi connectivity index (χ1) is 20.8. The molecule has 0 radical (unpaired) electrons. The van der Waals surface area contributed by atoms with E-state index in [9.17, 15) is 23.1 Å². The Kier molecular flexibility index (Phi) is 9.87. The van der Waals surface area contributed by atoms with Crippen LogP contribution >= 0.6 is 0 Å². The quantitative estimate of drug-likeness (QED) is 0.306. The van der Waals surface area contributed by atoms with Gasteiger partial charge >= 0.3 is 12.1 Å². The number of aliphatic carboxylic acids is 1. The molecule has 2 aliphatic rings. The van der Waals surface area contributed by atoms with E-state index < -0.39 is 23.3 Å². The van der Waals surface area contributed by atoms with E-state index >= 15 is 0 Å². The number of anilines is 2. The number of nitrogens with zero attached hydrogens (tertiary/aromatic N) is 4. The lowest BCUT2D eigenvalue weighted by atomic mass is 9.82. The summed E-state index contributed by atoms with van der Waals surface area (Å²) in [6, 6.07) is 8.81. The summed E-state index contributed by atoms with van der Waals surface area (Å²) in [5.41, 5.74) is 6.63. The molecule has 2 aromatic heterocycles. The molecule has 0 spiro atoms. The van der Waals surface area contributed by atoms with Crippen molar-refractivity contribution in [3.8, 4) is 11.1 Å². The van der Waals surface area contributed by atoms with Crippen molar-refractivity contribution in [1.29, 1.82) is 0 Å². The van der Waals surface area contributed by atoms with Crippen LogP contribution in [-0.2, 0) is 30.4 Å². The third-order valence-corrected chi connectivity index (χ3v) is 8.32. The van der Waals surface area contributed by atoms with E-state index in [2.05, 4.69) is 41.9 Å². The average Bonchev–Trinajstić information content (AvgIpc) is 2.92. The molecule has 2 aliphatic heterocycles. The molecule has 244 valence electrons. The minimum Gasteiger partial charge on any atom is -0.481 e. The van der Waals surface area contributed by atoms with Crippen molar-refractivity contribution in [3.05, 3.63) is 70.2 Å². The Morgan fingerprint density at radius 2 is 1.60 bits per heavy atom. The van der Waals surface area contributed by atoms with Gasteiger partial charge in [0.2, 0.25) is 0 Å². The zero-order valence-electron chi connectivity index (χ0n) is 27.3. The SMILES string of the molecule is CC(C)(C)O.Cc1nc(C)c(-c2ccc3c(c2)CCN(c2ccc(C(F)(F)F)cn2)C3)c(N2CCC(C)(C)CC2)c1CC(=O)O. The summed E-state index contributed by atoms with van der Waals surface area (Å²) in [5, 5.41) is 18.3. The van der Waals surface area contributed by atoms with Gasteiger partial charge in [-0.2, -0.15) is 13.2 Å². The van der Waals surface area contributed by atoms with Gasteiger partial charge in [-0.1, -0.05) is 32.0 Å². The van der Waals surface area contributed by atoms with Crippen LogP contribution in [0.25, 0.3) is 11.1 Å². The fourth-order valence-corrected chi connectivity index (χ4v) is 5.91. The second kappa shape index (κ2) is 13.0. The number of carbonyl (C=O) groups is 1. The van der Waals surface area contributed by atoms with Crippen molar-refractivity contribution in [3.63, 3.8) is 0 Å². The molecule has 7 nitrogen and oxygen atoms in total. The van der Waals surface area contributed by atoms with Crippen LogP contribution in [0.5, 0.6) is 0 Å². The minimum atomic E-state index is -4.41. The van der Waals surface area contributed by atoms with Crippen LogP contribution in [0.1, 0.15) is 81.1 Å². The first kappa shape index (κ1) is 34.2. The van der Waals surface area contributed by atoms with Gasteiger partial charge in [0.25, 0.3) is 0 Å². The number of aromatic nitrogens is 2. The number of hydrogen-bond donors (Lipinski definition) is 2. The van der Waals surface area contributed by atoms with Crippen molar-refractivity contribution in [1.82, 2.24) is 9.97 Å². The summed E-state index contributed by atoms with van der Waals surface area (Å²) in [5.74, 6) is -0.351. The Morgan fingerprint density at radius 3 is 2.16 bits per heavy atom. The molecule has 3 aromatic rings. The van der Waals surface area contributed by atoms with Crippen LogP contribution in [0.4, 0.5) is 24.7 Å². The molecule has 0 saturated carbocycles. The number of benzene rings is 1.